The molecule has 1 aliphatic carbocycles. The summed E-state index contributed by atoms with van der Waals surface area (Å²) in [5.41, 5.74) is 0.995. The van der Waals surface area contributed by atoms with Crippen LogP contribution >= 0.6 is 0 Å². The maximum Gasteiger partial charge on any atom is 0.108 e. The summed E-state index contributed by atoms with van der Waals surface area (Å²) in [6.07, 6.45) is 6.63. The van der Waals surface area contributed by atoms with Crippen LogP contribution in [0.1, 0.15) is 37.8 Å². The van der Waals surface area contributed by atoms with E-state index in [2.05, 4.69) is 10.3 Å². The summed E-state index contributed by atoms with van der Waals surface area (Å²) in [6.45, 7) is 0. The van der Waals surface area contributed by atoms with Crippen molar-refractivity contribution in [3.05, 3.63) is 42.2 Å². The fourth-order valence-corrected chi connectivity index (χ4v) is 2.71. The normalized spacial score (nSPS) is 18.7. The van der Waals surface area contributed by atoms with Crippen LogP contribution in [0.3, 0.4) is 0 Å². The highest BCUT2D eigenvalue weighted by molar-refractivity contribution is 5.33. The zero-order chi connectivity index (χ0) is 12.4. The van der Waals surface area contributed by atoms with Gasteiger partial charge in [-0.05, 0) is 25.0 Å². The van der Waals surface area contributed by atoms with Gasteiger partial charge in [-0.2, -0.15) is 0 Å². The number of aromatic nitrogens is 3. The Morgan fingerprint density at radius 1 is 1.06 bits per heavy atom. The van der Waals surface area contributed by atoms with E-state index >= 15 is 0 Å². The number of rotatable bonds is 2. The Balaban J connectivity index is 2.01. The molecule has 1 aliphatic rings. The Bertz CT molecular complexity index is 515. The van der Waals surface area contributed by atoms with Crippen LogP contribution in [0, 0.1) is 0 Å². The van der Waals surface area contributed by atoms with Gasteiger partial charge in [0.15, 0.2) is 0 Å². The van der Waals surface area contributed by atoms with Gasteiger partial charge < -0.3 is 5.11 Å². The van der Waals surface area contributed by atoms with Crippen LogP contribution < -0.4 is 0 Å². The van der Waals surface area contributed by atoms with E-state index in [4.69, 9.17) is 0 Å². The minimum atomic E-state index is -0.766. The Morgan fingerprint density at radius 3 is 2.50 bits per heavy atom. The van der Waals surface area contributed by atoms with Gasteiger partial charge >= 0.3 is 0 Å². The second kappa shape index (κ2) is 4.53. The molecule has 1 heterocycles. The number of para-hydroxylation sites is 1. The summed E-state index contributed by atoms with van der Waals surface area (Å²) >= 11 is 0. The zero-order valence-electron chi connectivity index (χ0n) is 10.3. The highest BCUT2D eigenvalue weighted by Gasteiger charge is 2.35. The van der Waals surface area contributed by atoms with E-state index in [1.807, 2.05) is 30.3 Å². The Kier molecular flexibility index (Phi) is 2.88. The number of nitrogens with zero attached hydrogens (tertiary/aromatic N) is 3. The predicted octanol–water partition coefficient (Wildman–Crippen LogP) is 2.42. The molecule has 0 radical (unpaired) electrons. The standard InChI is InChI=1S/C14H17N3O/c18-14(9-5-2-6-10-14)13-11-15-16-17(13)12-7-3-1-4-8-12/h1,3-4,7-8,11,18H,2,5-6,9-10H2. The van der Waals surface area contributed by atoms with Crippen LogP contribution in [0.4, 0.5) is 0 Å². The van der Waals surface area contributed by atoms with Crippen molar-refractivity contribution in [2.75, 3.05) is 0 Å². The Hall–Kier alpha value is -1.68. The highest BCUT2D eigenvalue weighted by Crippen LogP contribution is 2.37. The monoisotopic (exact) mass is 243 g/mol. The lowest BCUT2D eigenvalue weighted by molar-refractivity contribution is -0.00675. The van der Waals surface area contributed by atoms with Gasteiger partial charge in [-0.15, -0.1) is 5.10 Å². The van der Waals surface area contributed by atoms with Crippen molar-refractivity contribution in [1.29, 1.82) is 0 Å². The van der Waals surface area contributed by atoms with E-state index in [1.54, 1.807) is 10.9 Å². The molecule has 4 nitrogen and oxygen atoms in total. The summed E-state index contributed by atoms with van der Waals surface area (Å²) in [7, 11) is 0. The first-order valence-electron chi connectivity index (χ1n) is 6.49. The summed E-state index contributed by atoms with van der Waals surface area (Å²) in [6, 6.07) is 9.85. The second-order valence-corrected chi connectivity index (χ2v) is 4.96. The first-order valence-corrected chi connectivity index (χ1v) is 6.49. The summed E-state index contributed by atoms with van der Waals surface area (Å²) in [5, 5.41) is 18.9. The third-order valence-corrected chi connectivity index (χ3v) is 3.71. The van der Waals surface area contributed by atoms with Crippen molar-refractivity contribution >= 4 is 0 Å². The third-order valence-electron chi connectivity index (χ3n) is 3.71. The van der Waals surface area contributed by atoms with Gasteiger partial charge in [-0.3, -0.25) is 0 Å². The smallest absolute Gasteiger partial charge is 0.108 e. The van der Waals surface area contributed by atoms with E-state index in [0.29, 0.717) is 0 Å². The number of benzene rings is 1. The molecule has 4 heteroatoms. The molecule has 1 N–H and O–H groups in total. The number of hydrogen-bond acceptors (Lipinski definition) is 3. The fourth-order valence-electron chi connectivity index (χ4n) is 2.71. The van der Waals surface area contributed by atoms with Crippen LogP contribution in [-0.4, -0.2) is 20.1 Å². The fraction of sp³-hybridized carbons (Fsp3) is 0.429. The maximum absolute atomic E-state index is 10.8. The Morgan fingerprint density at radius 2 is 1.78 bits per heavy atom. The Labute approximate surface area is 106 Å². The molecule has 18 heavy (non-hydrogen) atoms. The highest BCUT2D eigenvalue weighted by atomic mass is 16.3. The van der Waals surface area contributed by atoms with Gasteiger partial charge in [0.05, 0.1) is 17.6 Å². The van der Waals surface area contributed by atoms with Gasteiger partial charge in [0.25, 0.3) is 0 Å². The summed E-state index contributed by atoms with van der Waals surface area (Å²) in [5.74, 6) is 0. The van der Waals surface area contributed by atoms with Crippen LogP contribution in [-0.2, 0) is 5.60 Å². The summed E-state index contributed by atoms with van der Waals surface area (Å²) in [4.78, 5) is 0. The maximum atomic E-state index is 10.8. The lowest BCUT2D eigenvalue weighted by Crippen LogP contribution is -2.31. The predicted molar refractivity (Wildman–Crippen MR) is 68.3 cm³/mol. The molecular weight excluding hydrogens is 226 g/mol. The van der Waals surface area contributed by atoms with Crippen molar-refractivity contribution in [2.24, 2.45) is 0 Å². The zero-order valence-corrected chi connectivity index (χ0v) is 10.3. The van der Waals surface area contributed by atoms with Crippen molar-refractivity contribution in [3.8, 4) is 5.69 Å². The SMILES string of the molecule is OC1(c2cnnn2-c2ccccc2)CCCCC1. The van der Waals surface area contributed by atoms with Crippen molar-refractivity contribution in [2.45, 2.75) is 37.7 Å². The molecule has 0 bridgehead atoms. The average Bonchev–Trinajstić information content (AvgIpc) is 2.91. The summed E-state index contributed by atoms with van der Waals surface area (Å²) < 4.78 is 1.76. The molecule has 0 spiro atoms. The van der Waals surface area contributed by atoms with E-state index in [9.17, 15) is 5.11 Å². The molecule has 2 aromatic rings. The minimum absolute atomic E-state index is 0.766. The largest absolute Gasteiger partial charge is 0.383 e. The molecule has 0 unspecified atom stereocenters. The molecule has 1 aromatic heterocycles. The molecule has 0 aliphatic heterocycles. The first kappa shape index (κ1) is 11.4. The number of hydrogen-bond donors (Lipinski definition) is 1. The van der Waals surface area contributed by atoms with E-state index in [0.717, 1.165) is 37.1 Å². The van der Waals surface area contributed by atoms with Crippen LogP contribution in [0.25, 0.3) is 5.69 Å². The first-order chi connectivity index (χ1) is 8.80. The van der Waals surface area contributed by atoms with Crippen molar-refractivity contribution < 1.29 is 5.11 Å². The van der Waals surface area contributed by atoms with Gasteiger partial charge in [0.2, 0.25) is 0 Å². The molecular formula is C14H17N3O. The molecule has 0 saturated heterocycles. The quantitative estimate of drug-likeness (QED) is 0.881. The van der Waals surface area contributed by atoms with Crippen molar-refractivity contribution in [3.63, 3.8) is 0 Å². The van der Waals surface area contributed by atoms with E-state index in [1.165, 1.54) is 6.42 Å². The van der Waals surface area contributed by atoms with Crippen LogP contribution in [0.15, 0.2) is 36.5 Å². The molecule has 1 fully saturated rings. The van der Waals surface area contributed by atoms with Crippen LogP contribution in [0.5, 0.6) is 0 Å². The van der Waals surface area contributed by atoms with Gasteiger partial charge in [0, 0.05) is 0 Å². The molecule has 0 atom stereocenters. The molecule has 3 rings (SSSR count). The molecule has 0 amide bonds. The third kappa shape index (κ3) is 1.93. The topological polar surface area (TPSA) is 50.9 Å². The van der Waals surface area contributed by atoms with Crippen LogP contribution in [0.2, 0.25) is 0 Å². The lowest BCUT2D eigenvalue weighted by atomic mass is 9.82. The van der Waals surface area contributed by atoms with Gasteiger partial charge in [-0.1, -0.05) is 42.7 Å². The van der Waals surface area contributed by atoms with E-state index in [-0.39, 0.29) is 0 Å². The molecule has 94 valence electrons. The second-order valence-electron chi connectivity index (χ2n) is 4.96. The minimum Gasteiger partial charge on any atom is -0.383 e. The lowest BCUT2D eigenvalue weighted by Gasteiger charge is -2.31. The molecule has 1 aromatic carbocycles. The van der Waals surface area contributed by atoms with Gasteiger partial charge in [0.1, 0.15) is 5.60 Å². The van der Waals surface area contributed by atoms with Crippen molar-refractivity contribution in [1.82, 2.24) is 15.0 Å². The number of aliphatic hydroxyl groups is 1. The molecule has 1 saturated carbocycles. The average molecular weight is 243 g/mol. The van der Waals surface area contributed by atoms with E-state index < -0.39 is 5.60 Å². The van der Waals surface area contributed by atoms with Gasteiger partial charge in [-0.25, -0.2) is 4.68 Å².